The van der Waals surface area contributed by atoms with Crippen molar-refractivity contribution in [2.24, 2.45) is 5.92 Å². The number of halogens is 4. The van der Waals surface area contributed by atoms with E-state index < -0.39 is 5.92 Å². The Hall–Kier alpha value is -1.50. The Morgan fingerprint density at radius 2 is 1.84 bits per heavy atom. The van der Waals surface area contributed by atoms with Gasteiger partial charge in [-0.3, -0.25) is 0 Å². The minimum absolute atomic E-state index is 0.196. The average molecular weight is 482 g/mol. The van der Waals surface area contributed by atoms with E-state index in [0.29, 0.717) is 27.7 Å². The molecule has 2 fully saturated rings. The summed E-state index contributed by atoms with van der Waals surface area (Å²) in [6, 6.07) is 10.4. The van der Waals surface area contributed by atoms with E-state index in [1.807, 2.05) is 16.7 Å². The summed E-state index contributed by atoms with van der Waals surface area (Å²) in [5.41, 5.74) is 3.15. The van der Waals surface area contributed by atoms with Crippen molar-refractivity contribution in [2.45, 2.75) is 42.9 Å². The smallest absolute Gasteiger partial charge is 0.251 e. The van der Waals surface area contributed by atoms with Gasteiger partial charge in [-0.05, 0) is 42.5 Å². The number of piperidine rings is 1. The Balaban J connectivity index is 1.34. The van der Waals surface area contributed by atoms with Crippen molar-refractivity contribution in [1.82, 2.24) is 9.97 Å². The van der Waals surface area contributed by atoms with Crippen LogP contribution in [0.3, 0.4) is 0 Å². The van der Waals surface area contributed by atoms with Crippen molar-refractivity contribution < 1.29 is 8.78 Å². The molecule has 1 aromatic heterocycles. The summed E-state index contributed by atoms with van der Waals surface area (Å²) in [6.45, 7) is 0.445. The first-order valence-electron chi connectivity index (χ1n) is 10.6. The number of rotatable bonds is 6. The second-order valence-electron chi connectivity index (χ2n) is 8.52. The third kappa shape index (κ3) is 4.81. The summed E-state index contributed by atoms with van der Waals surface area (Å²) in [7, 11) is 0. The van der Waals surface area contributed by atoms with Crippen LogP contribution in [-0.2, 0) is 6.42 Å². The first-order chi connectivity index (χ1) is 14.9. The predicted molar refractivity (Wildman–Crippen MR) is 125 cm³/mol. The van der Waals surface area contributed by atoms with Gasteiger partial charge < -0.3 is 9.88 Å². The van der Waals surface area contributed by atoms with Gasteiger partial charge in [-0.25, -0.2) is 13.8 Å². The number of aromatic nitrogens is 2. The van der Waals surface area contributed by atoms with Crippen molar-refractivity contribution in [3.8, 4) is 0 Å². The van der Waals surface area contributed by atoms with Gasteiger partial charge in [-0.15, -0.1) is 11.8 Å². The maximum Gasteiger partial charge on any atom is 0.251 e. The molecule has 1 saturated heterocycles. The molecular weight excluding hydrogens is 459 g/mol. The van der Waals surface area contributed by atoms with Crippen LogP contribution in [0.1, 0.15) is 37.1 Å². The van der Waals surface area contributed by atoms with Gasteiger partial charge in [-0.2, -0.15) is 0 Å². The lowest BCUT2D eigenvalue weighted by Crippen LogP contribution is -2.39. The summed E-state index contributed by atoms with van der Waals surface area (Å²) in [4.78, 5) is 11.1. The van der Waals surface area contributed by atoms with Crippen LogP contribution in [0.2, 0.25) is 10.0 Å². The topological polar surface area (TPSA) is 31.9 Å². The Bertz CT molecular complexity index is 1090. The van der Waals surface area contributed by atoms with E-state index in [1.54, 1.807) is 6.07 Å². The molecule has 8 heteroatoms. The quantitative estimate of drug-likeness (QED) is 0.377. The van der Waals surface area contributed by atoms with E-state index in [0.717, 1.165) is 22.8 Å². The van der Waals surface area contributed by atoms with Crippen LogP contribution >= 0.6 is 35.0 Å². The molecule has 1 aliphatic carbocycles. The van der Waals surface area contributed by atoms with Crippen molar-refractivity contribution >= 4 is 51.7 Å². The minimum atomic E-state index is -2.62. The molecule has 1 aliphatic heterocycles. The number of alkyl halides is 2. The molecule has 5 rings (SSSR count). The van der Waals surface area contributed by atoms with Crippen molar-refractivity contribution in [3.63, 3.8) is 0 Å². The third-order valence-corrected chi connectivity index (χ3v) is 7.87. The maximum atomic E-state index is 13.6. The van der Waals surface area contributed by atoms with E-state index >= 15 is 0 Å². The van der Waals surface area contributed by atoms with E-state index in [9.17, 15) is 8.78 Å². The van der Waals surface area contributed by atoms with E-state index in [-0.39, 0.29) is 25.9 Å². The van der Waals surface area contributed by atoms with Gasteiger partial charge in [-0.1, -0.05) is 35.3 Å². The Morgan fingerprint density at radius 3 is 2.52 bits per heavy atom. The van der Waals surface area contributed by atoms with E-state index in [2.05, 4.69) is 29.2 Å². The maximum absolute atomic E-state index is 13.6. The number of thioether (sulfide) groups is 1. The van der Waals surface area contributed by atoms with Crippen molar-refractivity contribution in [3.05, 3.63) is 51.8 Å². The molecule has 2 aliphatic rings. The number of hydrogen-bond donors (Lipinski definition) is 1. The van der Waals surface area contributed by atoms with Crippen molar-refractivity contribution in [2.75, 3.05) is 23.7 Å². The Kier molecular flexibility index (Phi) is 5.82. The number of anilines is 1. The van der Waals surface area contributed by atoms with E-state index in [1.165, 1.54) is 23.5 Å². The van der Waals surface area contributed by atoms with Crippen LogP contribution in [0.25, 0.3) is 11.0 Å². The average Bonchev–Trinajstić information content (AvgIpc) is 3.48. The first kappa shape index (κ1) is 21.4. The number of aromatic amines is 1. The highest BCUT2D eigenvalue weighted by atomic mass is 35.5. The molecule has 0 radical (unpaired) electrons. The molecule has 0 unspecified atom stereocenters. The van der Waals surface area contributed by atoms with Gasteiger partial charge >= 0.3 is 0 Å². The number of hydrogen-bond acceptors (Lipinski definition) is 3. The molecule has 2 heterocycles. The van der Waals surface area contributed by atoms with Crippen molar-refractivity contribution in [1.29, 1.82) is 0 Å². The molecule has 164 valence electrons. The van der Waals surface area contributed by atoms with Gasteiger partial charge in [0.2, 0.25) is 0 Å². The fourth-order valence-electron chi connectivity index (χ4n) is 3.95. The molecule has 2 aromatic carbocycles. The van der Waals surface area contributed by atoms with Gasteiger partial charge in [0, 0.05) is 43.0 Å². The van der Waals surface area contributed by atoms with Crippen LogP contribution in [0.4, 0.5) is 14.5 Å². The summed E-state index contributed by atoms with van der Waals surface area (Å²) in [5, 5.41) is 0.872. The lowest BCUT2D eigenvalue weighted by atomic mass is 10.1. The Morgan fingerprint density at radius 1 is 1.13 bits per heavy atom. The zero-order chi connectivity index (χ0) is 21.6. The number of imidazole rings is 1. The number of nitrogens with zero attached hydrogens (tertiary/aromatic N) is 2. The molecule has 0 spiro atoms. The monoisotopic (exact) mass is 481 g/mol. The molecule has 0 atom stereocenters. The van der Waals surface area contributed by atoms with Gasteiger partial charge in [0.05, 0.1) is 21.2 Å². The number of fused-ring (bicyclic) bond motifs is 1. The zero-order valence-electron chi connectivity index (χ0n) is 16.9. The molecule has 0 bridgehead atoms. The van der Waals surface area contributed by atoms with E-state index in [4.69, 9.17) is 28.2 Å². The lowest BCUT2D eigenvalue weighted by Gasteiger charge is -2.34. The molecule has 0 amide bonds. The summed E-state index contributed by atoms with van der Waals surface area (Å²) >= 11 is 15.1. The number of nitrogens with one attached hydrogen (secondary N) is 1. The number of benzene rings is 2. The van der Waals surface area contributed by atoms with Crippen LogP contribution in [-0.4, -0.2) is 34.7 Å². The highest BCUT2D eigenvalue weighted by molar-refractivity contribution is 7.99. The molecule has 3 aromatic rings. The SMILES string of the molecule is FC1(F)CCN(c2c(Cl)cc3[nH]c(Cc4ccc(SCC5CC5)cc4)nc3c2Cl)CC1. The lowest BCUT2D eigenvalue weighted by molar-refractivity contribution is -0.0220. The van der Waals surface area contributed by atoms with Crippen LogP contribution in [0.5, 0.6) is 0 Å². The fraction of sp³-hybridized carbons (Fsp3) is 0.435. The second-order valence-corrected chi connectivity index (χ2v) is 10.4. The highest BCUT2D eigenvalue weighted by Crippen LogP contribution is 2.42. The molecule has 3 nitrogen and oxygen atoms in total. The van der Waals surface area contributed by atoms with Crippen LogP contribution in [0.15, 0.2) is 35.2 Å². The second kappa shape index (κ2) is 8.45. The third-order valence-electron chi connectivity index (χ3n) is 5.98. The summed E-state index contributed by atoms with van der Waals surface area (Å²) in [5.74, 6) is 0.293. The van der Waals surface area contributed by atoms with Gasteiger partial charge in [0.1, 0.15) is 11.3 Å². The van der Waals surface area contributed by atoms with Gasteiger partial charge in [0.15, 0.2) is 0 Å². The molecule has 1 N–H and O–H groups in total. The Labute approximate surface area is 194 Å². The number of H-pyrrole nitrogens is 1. The largest absolute Gasteiger partial charge is 0.369 e. The molecule has 1 saturated carbocycles. The fourth-order valence-corrected chi connectivity index (χ4v) is 5.78. The van der Waals surface area contributed by atoms with Gasteiger partial charge in [0.25, 0.3) is 5.92 Å². The van der Waals surface area contributed by atoms with Crippen LogP contribution in [0, 0.1) is 5.92 Å². The highest BCUT2D eigenvalue weighted by Gasteiger charge is 2.35. The minimum Gasteiger partial charge on any atom is -0.369 e. The standard InChI is InChI=1S/C23H23Cl2F2N3S/c24-17-12-18-21(20(25)22(17)30-9-7-23(26,27)8-10-30)29-19(28-18)11-14-3-5-16(6-4-14)31-13-15-1-2-15/h3-6,12,15H,1-2,7-11,13H2,(H,28,29). The predicted octanol–water partition coefficient (Wildman–Crippen LogP) is 7.20. The first-order valence-corrected chi connectivity index (χ1v) is 12.3. The molecular formula is C23H23Cl2F2N3S. The zero-order valence-corrected chi connectivity index (χ0v) is 19.3. The molecule has 31 heavy (non-hydrogen) atoms. The summed E-state index contributed by atoms with van der Waals surface area (Å²) in [6.07, 6.45) is 3.00. The summed E-state index contributed by atoms with van der Waals surface area (Å²) < 4.78 is 27.1. The van der Waals surface area contributed by atoms with Crippen LogP contribution < -0.4 is 4.90 Å². The normalized spacial score (nSPS) is 18.6.